The molecule has 1 aliphatic heterocycles. The van der Waals surface area contributed by atoms with E-state index in [1.807, 2.05) is 12.1 Å². The molecule has 2 N–H and O–H groups in total. The molecule has 0 aromatic carbocycles. The van der Waals surface area contributed by atoms with E-state index in [1.165, 1.54) is 12.8 Å². The van der Waals surface area contributed by atoms with Crippen molar-refractivity contribution in [2.24, 2.45) is 0 Å². The summed E-state index contributed by atoms with van der Waals surface area (Å²) in [5.74, 6) is 0.638. The molecular weight excluding hydrogens is 294 g/mol. The van der Waals surface area contributed by atoms with Crippen LogP contribution in [0.1, 0.15) is 44.1 Å². The van der Waals surface area contributed by atoms with Crippen molar-refractivity contribution in [1.82, 2.24) is 15.6 Å². The molecule has 2 fully saturated rings. The summed E-state index contributed by atoms with van der Waals surface area (Å²) in [6.45, 7) is 1.77. The van der Waals surface area contributed by atoms with Crippen LogP contribution in [0.15, 0.2) is 18.3 Å². The highest BCUT2D eigenvalue weighted by atomic mass is 16.5. The lowest BCUT2D eigenvalue weighted by molar-refractivity contribution is 0.111. The molecule has 1 saturated heterocycles. The summed E-state index contributed by atoms with van der Waals surface area (Å²) in [5.41, 5.74) is 0.909. The minimum atomic E-state index is -0.184. The Kier molecular flexibility index (Phi) is 5.69. The fraction of sp³-hybridized carbons (Fsp3) is 0.647. The second-order valence-electron chi connectivity index (χ2n) is 6.19. The first-order valence-corrected chi connectivity index (χ1v) is 8.55. The van der Waals surface area contributed by atoms with Gasteiger partial charge in [-0.25, -0.2) is 9.78 Å². The third-order valence-corrected chi connectivity index (χ3v) is 4.38. The Balaban J connectivity index is 1.46. The second-order valence-corrected chi connectivity index (χ2v) is 6.19. The van der Waals surface area contributed by atoms with Gasteiger partial charge in [0.2, 0.25) is 5.88 Å². The highest BCUT2D eigenvalue weighted by Gasteiger charge is 2.19. The van der Waals surface area contributed by atoms with Crippen LogP contribution in [-0.4, -0.2) is 36.4 Å². The maximum absolute atomic E-state index is 11.9. The van der Waals surface area contributed by atoms with Gasteiger partial charge in [-0.05, 0) is 44.6 Å². The molecule has 1 aliphatic carbocycles. The molecule has 0 radical (unpaired) electrons. The van der Waals surface area contributed by atoms with Crippen LogP contribution in [0, 0.1) is 0 Å². The van der Waals surface area contributed by atoms with Gasteiger partial charge < -0.3 is 20.1 Å². The number of pyridine rings is 1. The van der Waals surface area contributed by atoms with Crippen molar-refractivity contribution in [2.45, 2.75) is 57.3 Å². The lowest BCUT2D eigenvalue weighted by atomic mass is 10.2. The van der Waals surface area contributed by atoms with Crippen LogP contribution >= 0.6 is 0 Å². The molecule has 3 rings (SSSR count). The molecule has 0 unspecified atom stereocenters. The van der Waals surface area contributed by atoms with Crippen molar-refractivity contribution >= 4 is 6.03 Å². The van der Waals surface area contributed by atoms with E-state index >= 15 is 0 Å². The van der Waals surface area contributed by atoms with E-state index < -0.39 is 0 Å². The van der Waals surface area contributed by atoms with E-state index in [0.29, 0.717) is 19.0 Å². The number of ether oxygens (including phenoxy) is 2. The van der Waals surface area contributed by atoms with Crippen LogP contribution in [0.4, 0.5) is 4.79 Å². The number of rotatable bonds is 6. The van der Waals surface area contributed by atoms with Crippen LogP contribution in [0.25, 0.3) is 0 Å². The van der Waals surface area contributed by atoms with E-state index in [1.54, 1.807) is 6.20 Å². The Labute approximate surface area is 137 Å². The van der Waals surface area contributed by atoms with E-state index in [9.17, 15) is 4.79 Å². The molecule has 2 amide bonds. The Morgan fingerprint density at radius 3 is 2.91 bits per heavy atom. The monoisotopic (exact) mass is 319 g/mol. The minimum absolute atomic E-state index is 0.153. The average Bonchev–Trinajstić information content (AvgIpc) is 3.25. The lowest BCUT2D eigenvalue weighted by Gasteiger charge is -2.16. The normalized spacial score (nSPS) is 21.3. The molecule has 0 spiro atoms. The third-order valence-electron chi connectivity index (χ3n) is 4.38. The smallest absolute Gasteiger partial charge is 0.315 e. The Morgan fingerprint density at radius 1 is 1.26 bits per heavy atom. The van der Waals surface area contributed by atoms with Crippen molar-refractivity contribution in [3.05, 3.63) is 23.9 Å². The molecule has 2 aliphatic rings. The topological polar surface area (TPSA) is 72.5 Å². The number of carbonyl (C=O) groups is 1. The van der Waals surface area contributed by atoms with Gasteiger partial charge in [0.15, 0.2) is 0 Å². The summed E-state index contributed by atoms with van der Waals surface area (Å²) in [7, 11) is 0. The molecular formula is C17H25N3O3. The van der Waals surface area contributed by atoms with Crippen LogP contribution in [0.3, 0.4) is 0 Å². The van der Waals surface area contributed by atoms with Crippen LogP contribution in [0.2, 0.25) is 0 Å². The van der Waals surface area contributed by atoms with Gasteiger partial charge in [0.25, 0.3) is 0 Å². The molecule has 0 bridgehead atoms. The number of nitrogens with one attached hydrogen (secondary N) is 2. The van der Waals surface area contributed by atoms with E-state index in [2.05, 4.69) is 15.6 Å². The quantitative estimate of drug-likeness (QED) is 0.844. The van der Waals surface area contributed by atoms with Crippen LogP contribution in [0.5, 0.6) is 5.88 Å². The summed E-state index contributed by atoms with van der Waals surface area (Å²) >= 11 is 0. The number of aromatic nitrogens is 1. The number of nitrogens with zero attached hydrogens (tertiary/aromatic N) is 1. The second kappa shape index (κ2) is 8.15. The first-order chi connectivity index (χ1) is 11.3. The van der Waals surface area contributed by atoms with Gasteiger partial charge in [-0.3, -0.25) is 0 Å². The van der Waals surface area contributed by atoms with Gasteiger partial charge in [-0.15, -0.1) is 0 Å². The molecule has 6 heteroatoms. The standard InChI is InChI=1S/C17H25N3O3/c21-17(20-12-15-8-4-10-22-15)19-11-13-5-3-9-18-16(13)23-14-6-1-2-7-14/h3,5,9,14-15H,1-2,4,6-8,10-12H2,(H2,19,20,21)/t15-/m1/s1. The van der Waals surface area contributed by atoms with Gasteiger partial charge in [-0.2, -0.15) is 0 Å². The first-order valence-electron chi connectivity index (χ1n) is 8.55. The average molecular weight is 319 g/mol. The number of carbonyl (C=O) groups excluding carboxylic acids is 1. The highest BCUT2D eigenvalue weighted by molar-refractivity contribution is 5.73. The zero-order chi connectivity index (χ0) is 15.9. The predicted molar refractivity (Wildman–Crippen MR) is 86.3 cm³/mol. The van der Waals surface area contributed by atoms with Gasteiger partial charge in [0, 0.05) is 31.5 Å². The molecule has 1 aromatic heterocycles. The summed E-state index contributed by atoms with van der Waals surface area (Å²) < 4.78 is 11.5. The summed E-state index contributed by atoms with van der Waals surface area (Å²) in [6, 6.07) is 3.62. The molecule has 2 heterocycles. The Morgan fingerprint density at radius 2 is 2.13 bits per heavy atom. The fourth-order valence-electron chi connectivity index (χ4n) is 3.08. The summed E-state index contributed by atoms with van der Waals surface area (Å²) in [4.78, 5) is 16.2. The zero-order valence-electron chi connectivity index (χ0n) is 13.4. The van der Waals surface area contributed by atoms with Crippen molar-refractivity contribution in [2.75, 3.05) is 13.2 Å². The van der Waals surface area contributed by atoms with Crippen molar-refractivity contribution in [1.29, 1.82) is 0 Å². The number of hydrogen-bond donors (Lipinski definition) is 2. The van der Waals surface area contributed by atoms with Crippen molar-refractivity contribution in [3.8, 4) is 5.88 Å². The summed E-state index contributed by atoms with van der Waals surface area (Å²) in [6.07, 6.45) is 8.85. The third kappa shape index (κ3) is 4.82. The number of urea groups is 1. The van der Waals surface area contributed by atoms with Crippen molar-refractivity contribution < 1.29 is 14.3 Å². The molecule has 23 heavy (non-hydrogen) atoms. The summed E-state index contributed by atoms with van der Waals surface area (Å²) in [5, 5.41) is 5.71. The molecule has 6 nitrogen and oxygen atoms in total. The van der Waals surface area contributed by atoms with Crippen LogP contribution in [-0.2, 0) is 11.3 Å². The Hall–Kier alpha value is -1.82. The number of hydrogen-bond acceptors (Lipinski definition) is 4. The largest absolute Gasteiger partial charge is 0.474 e. The minimum Gasteiger partial charge on any atom is -0.474 e. The van der Waals surface area contributed by atoms with Crippen LogP contribution < -0.4 is 15.4 Å². The highest BCUT2D eigenvalue weighted by Crippen LogP contribution is 2.24. The fourth-order valence-corrected chi connectivity index (χ4v) is 3.08. The van der Waals surface area contributed by atoms with Gasteiger partial charge >= 0.3 is 6.03 Å². The van der Waals surface area contributed by atoms with Crippen molar-refractivity contribution in [3.63, 3.8) is 0 Å². The van der Waals surface area contributed by atoms with Gasteiger partial charge in [0.1, 0.15) is 6.10 Å². The predicted octanol–water partition coefficient (Wildman–Crippen LogP) is 2.38. The van der Waals surface area contributed by atoms with E-state index in [0.717, 1.165) is 37.9 Å². The SMILES string of the molecule is O=C(NCc1cccnc1OC1CCCC1)NC[C@H]1CCCO1. The van der Waals surface area contributed by atoms with Gasteiger partial charge in [0.05, 0.1) is 6.10 Å². The molecule has 126 valence electrons. The maximum Gasteiger partial charge on any atom is 0.315 e. The lowest BCUT2D eigenvalue weighted by Crippen LogP contribution is -2.39. The maximum atomic E-state index is 11.9. The number of amides is 2. The van der Waals surface area contributed by atoms with Gasteiger partial charge in [-0.1, -0.05) is 6.07 Å². The molecule has 1 aromatic rings. The molecule has 1 atom stereocenters. The molecule has 1 saturated carbocycles. The zero-order valence-corrected chi connectivity index (χ0v) is 13.4. The first kappa shape index (κ1) is 16.1. The Bertz CT molecular complexity index is 512. The van der Waals surface area contributed by atoms with E-state index in [-0.39, 0.29) is 18.2 Å². The van der Waals surface area contributed by atoms with E-state index in [4.69, 9.17) is 9.47 Å².